The summed E-state index contributed by atoms with van der Waals surface area (Å²) in [6.07, 6.45) is 1.10. The highest BCUT2D eigenvalue weighted by molar-refractivity contribution is 6.30. The van der Waals surface area contributed by atoms with Crippen molar-refractivity contribution in [2.45, 2.75) is 44.6 Å². The highest BCUT2D eigenvalue weighted by Crippen LogP contribution is 2.42. The van der Waals surface area contributed by atoms with E-state index in [9.17, 15) is 14.4 Å². The lowest BCUT2D eigenvalue weighted by Crippen LogP contribution is -2.43. The summed E-state index contributed by atoms with van der Waals surface area (Å²) in [4.78, 5) is 39.6. The molecule has 2 aliphatic rings. The Bertz CT molecular complexity index is 1060. The minimum Gasteiger partial charge on any atom is -0.324 e. The zero-order chi connectivity index (χ0) is 21.7. The maximum atomic E-state index is 13.2. The van der Waals surface area contributed by atoms with Crippen molar-refractivity contribution in [1.29, 1.82) is 0 Å². The molecule has 0 unspecified atom stereocenters. The molecule has 4 amide bonds. The Morgan fingerprint density at radius 3 is 2.67 bits per heavy atom. The Balaban J connectivity index is 1.54. The number of hydrogen-bond acceptors (Lipinski definition) is 3. The Morgan fingerprint density at radius 1 is 1.20 bits per heavy atom. The Labute approximate surface area is 180 Å². The molecule has 2 aromatic rings. The Morgan fingerprint density at radius 2 is 1.93 bits per heavy atom. The molecule has 1 heterocycles. The van der Waals surface area contributed by atoms with Crippen LogP contribution in [0.15, 0.2) is 42.5 Å². The van der Waals surface area contributed by atoms with Crippen molar-refractivity contribution in [1.82, 2.24) is 10.2 Å². The van der Waals surface area contributed by atoms with Gasteiger partial charge in [-0.1, -0.05) is 56.6 Å². The third-order valence-electron chi connectivity index (χ3n) is 5.78. The fourth-order valence-electron chi connectivity index (χ4n) is 4.34. The van der Waals surface area contributed by atoms with Gasteiger partial charge in [-0.05, 0) is 53.1 Å². The molecule has 1 atom stereocenters. The average Bonchev–Trinajstić information content (AvgIpc) is 3.14. The first-order chi connectivity index (χ1) is 14.1. The van der Waals surface area contributed by atoms with E-state index < -0.39 is 23.4 Å². The highest BCUT2D eigenvalue weighted by Gasteiger charge is 2.55. The van der Waals surface area contributed by atoms with E-state index >= 15 is 0 Å². The number of rotatable bonds is 3. The minimum atomic E-state index is -1.11. The number of anilines is 1. The van der Waals surface area contributed by atoms with E-state index in [1.54, 1.807) is 12.1 Å². The maximum Gasteiger partial charge on any atom is 0.325 e. The van der Waals surface area contributed by atoms with E-state index in [1.165, 1.54) is 0 Å². The molecule has 1 aliphatic heterocycles. The molecule has 1 saturated heterocycles. The first kappa shape index (κ1) is 20.4. The van der Waals surface area contributed by atoms with Gasteiger partial charge >= 0.3 is 6.03 Å². The number of carbonyl (C=O) groups is 3. The van der Waals surface area contributed by atoms with Crippen LogP contribution in [0.4, 0.5) is 10.5 Å². The summed E-state index contributed by atoms with van der Waals surface area (Å²) < 4.78 is 0. The lowest BCUT2D eigenvalue weighted by molar-refractivity contribution is -0.134. The molecular weight excluding hydrogens is 402 g/mol. The van der Waals surface area contributed by atoms with Gasteiger partial charge in [0.05, 0.1) is 0 Å². The second-order valence-corrected chi connectivity index (χ2v) is 9.31. The topological polar surface area (TPSA) is 78.5 Å². The average molecular weight is 426 g/mol. The van der Waals surface area contributed by atoms with Gasteiger partial charge in [0.2, 0.25) is 5.91 Å². The zero-order valence-electron chi connectivity index (χ0n) is 17.2. The van der Waals surface area contributed by atoms with Crippen LogP contribution in [0.1, 0.15) is 43.9 Å². The van der Waals surface area contributed by atoms with Gasteiger partial charge in [-0.2, -0.15) is 0 Å². The van der Waals surface area contributed by atoms with Crippen molar-refractivity contribution < 1.29 is 14.4 Å². The molecular formula is C23H24ClN3O3. The monoisotopic (exact) mass is 425 g/mol. The molecule has 0 radical (unpaired) electrons. The maximum absolute atomic E-state index is 13.2. The van der Waals surface area contributed by atoms with Gasteiger partial charge in [-0.3, -0.25) is 14.5 Å². The van der Waals surface area contributed by atoms with Crippen LogP contribution in [0.2, 0.25) is 5.02 Å². The molecule has 1 spiro atoms. The summed E-state index contributed by atoms with van der Waals surface area (Å²) in [5.41, 5.74) is 2.09. The normalized spacial score (nSPS) is 20.5. The first-order valence-corrected chi connectivity index (χ1v) is 10.3. The molecule has 30 heavy (non-hydrogen) atoms. The van der Waals surface area contributed by atoms with Gasteiger partial charge in [0.25, 0.3) is 5.91 Å². The van der Waals surface area contributed by atoms with Crippen LogP contribution < -0.4 is 10.6 Å². The van der Waals surface area contributed by atoms with Gasteiger partial charge in [0.15, 0.2) is 0 Å². The number of para-hydroxylation sites is 1. The van der Waals surface area contributed by atoms with Crippen LogP contribution in [0.25, 0.3) is 0 Å². The summed E-state index contributed by atoms with van der Waals surface area (Å²) in [6.45, 7) is 5.84. The Kier molecular flexibility index (Phi) is 4.85. The van der Waals surface area contributed by atoms with Gasteiger partial charge in [0.1, 0.15) is 12.1 Å². The van der Waals surface area contributed by atoms with E-state index in [-0.39, 0.29) is 12.0 Å². The third-order valence-corrected chi connectivity index (χ3v) is 6.02. The van der Waals surface area contributed by atoms with Gasteiger partial charge in [-0.15, -0.1) is 0 Å². The lowest BCUT2D eigenvalue weighted by atomic mass is 9.86. The summed E-state index contributed by atoms with van der Waals surface area (Å²) >= 11 is 6.07. The van der Waals surface area contributed by atoms with Gasteiger partial charge < -0.3 is 10.6 Å². The second kappa shape index (κ2) is 7.13. The number of amides is 4. The van der Waals surface area contributed by atoms with Crippen LogP contribution in [0.3, 0.4) is 0 Å². The minimum absolute atomic E-state index is 0.163. The number of carbonyl (C=O) groups excluding carboxylic acids is 3. The number of benzene rings is 2. The standard InChI is InChI=1S/C23H24ClN3O3/c1-22(2,3)17-6-4-5-7-18(17)25-19(28)13-27-20(29)23(26-21(27)30)11-10-14-12-15(24)8-9-16(14)23/h4-9,12H,10-11,13H2,1-3H3,(H,25,28)(H,26,30)/t23-/m1/s1. The fourth-order valence-corrected chi connectivity index (χ4v) is 4.54. The second-order valence-electron chi connectivity index (χ2n) is 8.87. The zero-order valence-corrected chi connectivity index (χ0v) is 18.0. The molecule has 0 aromatic heterocycles. The van der Waals surface area contributed by atoms with Crippen LogP contribution in [-0.2, 0) is 27.0 Å². The summed E-state index contributed by atoms with van der Waals surface area (Å²) in [6, 6.07) is 12.3. The number of fused-ring (bicyclic) bond motifs is 2. The quantitative estimate of drug-likeness (QED) is 0.730. The molecule has 2 N–H and O–H groups in total. The number of urea groups is 1. The van der Waals surface area contributed by atoms with Crippen LogP contribution in [-0.4, -0.2) is 29.3 Å². The van der Waals surface area contributed by atoms with Crippen molar-refractivity contribution in [2.24, 2.45) is 0 Å². The summed E-state index contributed by atoms with van der Waals surface area (Å²) in [7, 11) is 0. The SMILES string of the molecule is CC(C)(C)c1ccccc1NC(=O)CN1C(=O)N[C@@]2(CCc3cc(Cl)ccc32)C1=O. The number of hydrogen-bond donors (Lipinski definition) is 2. The first-order valence-electron chi connectivity index (χ1n) is 9.94. The predicted octanol–water partition coefficient (Wildman–Crippen LogP) is 3.97. The number of nitrogens with one attached hydrogen (secondary N) is 2. The molecule has 1 aliphatic carbocycles. The van der Waals surface area contributed by atoms with E-state index in [2.05, 4.69) is 31.4 Å². The van der Waals surface area contributed by atoms with Gasteiger partial charge in [0, 0.05) is 10.7 Å². The van der Waals surface area contributed by atoms with Crippen LogP contribution in [0.5, 0.6) is 0 Å². The number of aryl methyl sites for hydroxylation is 1. The number of halogens is 1. The van der Waals surface area contributed by atoms with Crippen molar-refractivity contribution in [3.63, 3.8) is 0 Å². The summed E-state index contributed by atoms with van der Waals surface area (Å²) in [5.74, 6) is -0.811. The van der Waals surface area contributed by atoms with E-state index in [0.29, 0.717) is 23.6 Å². The smallest absolute Gasteiger partial charge is 0.324 e. The van der Waals surface area contributed by atoms with Gasteiger partial charge in [-0.25, -0.2) is 4.79 Å². The number of imide groups is 1. The highest BCUT2D eigenvalue weighted by atomic mass is 35.5. The molecule has 4 rings (SSSR count). The third kappa shape index (κ3) is 3.35. The van der Waals surface area contributed by atoms with E-state index in [4.69, 9.17) is 11.6 Å². The molecule has 1 fully saturated rings. The summed E-state index contributed by atoms with van der Waals surface area (Å²) in [5, 5.41) is 6.28. The molecule has 156 valence electrons. The largest absolute Gasteiger partial charge is 0.325 e. The molecule has 2 aromatic carbocycles. The van der Waals surface area contributed by atoms with E-state index in [1.807, 2.05) is 30.3 Å². The number of nitrogens with zero attached hydrogens (tertiary/aromatic N) is 1. The molecule has 0 bridgehead atoms. The predicted molar refractivity (Wildman–Crippen MR) is 115 cm³/mol. The molecule has 7 heteroatoms. The molecule has 6 nitrogen and oxygen atoms in total. The fraction of sp³-hybridized carbons (Fsp3) is 0.348. The Hall–Kier alpha value is -2.86. The van der Waals surface area contributed by atoms with Crippen LogP contribution >= 0.6 is 11.6 Å². The van der Waals surface area contributed by atoms with Crippen molar-refractivity contribution in [3.8, 4) is 0 Å². The van der Waals surface area contributed by atoms with Crippen LogP contribution in [0, 0.1) is 0 Å². The van der Waals surface area contributed by atoms with Crippen molar-refractivity contribution in [2.75, 3.05) is 11.9 Å². The van der Waals surface area contributed by atoms with E-state index in [0.717, 1.165) is 21.6 Å². The lowest BCUT2D eigenvalue weighted by Gasteiger charge is -2.24. The molecule has 0 saturated carbocycles. The van der Waals surface area contributed by atoms with Crippen molar-refractivity contribution >= 4 is 35.1 Å². The van der Waals surface area contributed by atoms with Crippen molar-refractivity contribution in [3.05, 3.63) is 64.2 Å².